The number of aromatic nitrogens is 2. The van der Waals surface area contributed by atoms with Gasteiger partial charge in [-0.3, -0.25) is 42.8 Å². The fourth-order valence-corrected chi connectivity index (χ4v) is 12.4. The van der Waals surface area contributed by atoms with Gasteiger partial charge < -0.3 is 0 Å². The molecule has 0 saturated heterocycles. The second kappa shape index (κ2) is 27.5. The maximum Gasteiger partial charge on any atom is 0.262 e. The zero-order chi connectivity index (χ0) is 48.3. The van der Waals surface area contributed by atoms with Crippen LogP contribution in [0, 0.1) is 23.7 Å². The molecule has 0 spiro atoms. The third kappa shape index (κ3) is 14.9. The third-order valence-electron chi connectivity index (χ3n) is 16.0. The van der Waals surface area contributed by atoms with Gasteiger partial charge in [-0.05, 0) is 102 Å². The minimum atomic E-state index is -0.702. The Labute approximate surface area is 403 Å². The average molecular weight is 926 g/mol. The maximum absolute atomic E-state index is 13.4. The molecule has 374 valence electrons. The number of unbranched alkanes of at least 4 members (excludes halogenated alkanes) is 18. The van der Waals surface area contributed by atoms with Crippen LogP contribution in [0.25, 0.3) is 21.5 Å². The SMILES string of the molecule is CCCCCCCCC1C(CCCCCC)CCC(CCCCCCCCn2c(=O)c3cc4c(=O)n(C(C)(C)C)c(=O)c4cc3c2=O)C1CCCCCCCCC(CCC)N1C(=O)C=CC1=O. The molecule has 2 aliphatic rings. The van der Waals surface area contributed by atoms with Crippen LogP contribution in [0.15, 0.2) is 43.5 Å². The lowest BCUT2D eigenvalue weighted by atomic mass is 9.61. The molecule has 2 amide bonds. The van der Waals surface area contributed by atoms with Gasteiger partial charge in [-0.2, -0.15) is 0 Å². The van der Waals surface area contributed by atoms with Crippen molar-refractivity contribution in [3.63, 3.8) is 0 Å². The molecule has 5 atom stereocenters. The number of hydrogen-bond acceptors (Lipinski definition) is 6. The van der Waals surface area contributed by atoms with Crippen molar-refractivity contribution < 1.29 is 9.59 Å². The van der Waals surface area contributed by atoms with Crippen LogP contribution < -0.4 is 22.2 Å². The second-order valence-corrected chi connectivity index (χ2v) is 22.1. The predicted molar refractivity (Wildman–Crippen MR) is 279 cm³/mol. The van der Waals surface area contributed by atoms with E-state index < -0.39 is 16.7 Å². The number of fused-ring (bicyclic) bond motifs is 2. The van der Waals surface area contributed by atoms with Gasteiger partial charge in [0, 0.05) is 30.3 Å². The number of rotatable bonds is 33. The summed E-state index contributed by atoms with van der Waals surface area (Å²) in [5.41, 5.74) is -2.25. The third-order valence-corrected chi connectivity index (χ3v) is 16.0. The number of benzene rings is 1. The van der Waals surface area contributed by atoms with Crippen LogP contribution in [0.4, 0.5) is 0 Å². The Morgan fingerprint density at radius 1 is 0.463 bits per heavy atom. The van der Waals surface area contributed by atoms with Crippen molar-refractivity contribution in [1.82, 2.24) is 14.0 Å². The van der Waals surface area contributed by atoms with E-state index in [0.717, 1.165) is 68.6 Å². The number of imide groups is 1. The molecule has 3 heterocycles. The average Bonchev–Trinajstić information content (AvgIpc) is 3.86. The fraction of sp³-hybridized carbons (Fsp3) is 0.759. The summed E-state index contributed by atoms with van der Waals surface area (Å²) in [5.74, 6) is 3.15. The first kappa shape index (κ1) is 54.3. The minimum absolute atomic E-state index is 0.0349. The Hall–Kier alpha value is -3.62. The van der Waals surface area contributed by atoms with E-state index in [1.807, 2.05) is 0 Å². The fourth-order valence-electron chi connectivity index (χ4n) is 12.4. The van der Waals surface area contributed by atoms with Crippen LogP contribution in [0.5, 0.6) is 0 Å². The quantitative estimate of drug-likeness (QED) is 0.0444. The van der Waals surface area contributed by atoms with Gasteiger partial charge in [0.25, 0.3) is 34.1 Å². The molecule has 5 rings (SSSR count). The monoisotopic (exact) mass is 926 g/mol. The van der Waals surface area contributed by atoms with Gasteiger partial charge in [0.05, 0.1) is 21.5 Å². The van der Waals surface area contributed by atoms with Crippen molar-refractivity contribution in [1.29, 1.82) is 0 Å². The topological polar surface area (TPSA) is 116 Å². The first-order valence-electron chi connectivity index (χ1n) is 27.8. The number of carbonyl (C=O) groups excluding carboxylic acids is 2. The number of nitrogens with zero attached hydrogens (tertiary/aromatic N) is 3. The maximum atomic E-state index is 13.4. The van der Waals surface area contributed by atoms with Crippen LogP contribution in [0.2, 0.25) is 0 Å². The van der Waals surface area contributed by atoms with Crippen molar-refractivity contribution >= 4 is 33.4 Å². The lowest BCUT2D eigenvalue weighted by molar-refractivity contribution is -0.139. The summed E-state index contributed by atoms with van der Waals surface area (Å²) in [7, 11) is 0. The number of carbonyl (C=O) groups is 2. The molecule has 1 aliphatic carbocycles. The Morgan fingerprint density at radius 2 is 0.851 bits per heavy atom. The van der Waals surface area contributed by atoms with Gasteiger partial charge in [0.1, 0.15) is 0 Å². The second-order valence-electron chi connectivity index (χ2n) is 22.1. The van der Waals surface area contributed by atoms with E-state index >= 15 is 0 Å². The number of amides is 2. The molecular formula is C58H91N3O6. The first-order valence-corrected chi connectivity index (χ1v) is 27.8. The zero-order valence-electron chi connectivity index (χ0n) is 43.1. The first-order chi connectivity index (χ1) is 32.3. The molecule has 5 unspecified atom stereocenters. The highest BCUT2D eigenvalue weighted by atomic mass is 16.2. The van der Waals surface area contributed by atoms with E-state index in [2.05, 4.69) is 20.8 Å². The largest absolute Gasteiger partial charge is 0.274 e. The van der Waals surface area contributed by atoms with Crippen molar-refractivity contribution in [3.8, 4) is 0 Å². The highest BCUT2D eigenvalue weighted by Gasteiger charge is 2.38. The van der Waals surface area contributed by atoms with Gasteiger partial charge in [0.15, 0.2) is 0 Å². The summed E-state index contributed by atoms with van der Waals surface area (Å²) < 4.78 is 2.53. The van der Waals surface area contributed by atoms with Crippen molar-refractivity contribution in [2.24, 2.45) is 23.7 Å². The standard InChI is InChI=1S/C58H91N3O6/c1-7-10-12-14-21-27-34-46-43(31-24-13-11-8-2)36-37-44(47(46)35-28-22-16-15-20-26-33-45(30-9-3)60-52(62)38-39-53(60)63)32-25-19-17-18-23-29-40-59-54(64)48-41-50-51(42-49(48)55(59)65)57(67)61(56(50)66)58(4,5)6/h38-39,41-47H,7-37,40H2,1-6H3. The van der Waals surface area contributed by atoms with Crippen LogP contribution in [-0.2, 0) is 21.7 Å². The van der Waals surface area contributed by atoms with Crippen molar-refractivity contribution in [3.05, 3.63) is 65.7 Å². The molecule has 3 aromatic rings. The highest BCUT2D eigenvalue weighted by Crippen LogP contribution is 2.48. The minimum Gasteiger partial charge on any atom is -0.274 e. The van der Waals surface area contributed by atoms with Gasteiger partial charge >= 0.3 is 0 Å². The molecule has 9 nitrogen and oxygen atoms in total. The van der Waals surface area contributed by atoms with Gasteiger partial charge in [0.2, 0.25) is 0 Å². The van der Waals surface area contributed by atoms with E-state index in [9.17, 15) is 28.8 Å². The molecule has 2 aromatic heterocycles. The number of hydrogen-bond donors (Lipinski definition) is 0. The van der Waals surface area contributed by atoms with E-state index in [-0.39, 0.29) is 50.5 Å². The molecule has 67 heavy (non-hydrogen) atoms. The summed E-state index contributed by atoms with van der Waals surface area (Å²) >= 11 is 0. The zero-order valence-corrected chi connectivity index (χ0v) is 43.1. The lowest BCUT2D eigenvalue weighted by Crippen LogP contribution is -2.40. The highest BCUT2D eigenvalue weighted by molar-refractivity contribution is 6.13. The summed E-state index contributed by atoms with van der Waals surface area (Å²) in [6, 6.07) is 2.97. The molecule has 0 radical (unpaired) electrons. The molecular weight excluding hydrogens is 835 g/mol. The van der Waals surface area contributed by atoms with E-state index in [1.165, 1.54) is 192 Å². The van der Waals surface area contributed by atoms with E-state index in [4.69, 9.17) is 0 Å². The summed E-state index contributed by atoms with van der Waals surface area (Å²) in [6.07, 6.45) is 41.5. The van der Waals surface area contributed by atoms with Crippen molar-refractivity contribution in [2.75, 3.05) is 0 Å². The van der Waals surface area contributed by atoms with E-state index in [0.29, 0.717) is 6.54 Å². The molecule has 1 saturated carbocycles. The predicted octanol–water partition coefficient (Wildman–Crippen LogP) is 13.6. The molecule has 1 fully saturated rings. The summed E-state index contributed by atoms with van der Waals surface area (Å²) in [6.45, 7) is 12.5. The molecule has 1 aromatic carbocycles. The smallest absolute Gasteiger partial charge is 0.262 e. The van der Waals surface area contributed by atoms with Crippen molar-refractivity contribution in [2.45, 2.75) is 259 Å². The van der Waals surface area contributed by atoms with Gasteiger partial charge in [-0.15, -0.1) is 0 Å². The van der Waals surface area contributed by atoms with Crippen LogP contribution in [0.3, 0.4) is 0 Å². The summed E-state index contributed by atoms with van der Waals surface area (Å²) in [4.78, 5) is 79.3. The van der Waals surface area contributed by atoms with Crippen LogP contribution in [-0.4, -0.2) is 31.9 Å². The molecule has 9 heteroatoms. The van der Waals surface area contributed by atoms with E-state index in [1.54, 1.807) is 20.8 Å². The Balaban J connectivity index is 1.11. The Morgan fingerprint density at radius 3 is 1.30 bits per heavy atom. The Kier molecular flexibility index (Phi) is 22.3. The van der Waals surface area contributed by atoms with Crippen LogP contribution >= 0.6 is 0 Å². The van der Waals surface area contributed by atoms with Crippen LogP contribution in [0.1, 0.15) is 241 Å². The van der Waals surface area contributed by atoms with Gasteiger partial charge in [-0.1, -0.05) is 175 Å². The van der Waals surface area contributed by atoms with Gasteiger partial charge in [-0.25, -0.2) is 0 Å². The summed E-state index contributed by atoms with van der Waals surface area (Å²) in [5, 5.41) is 0.890. The Bertz CT molecular complexity index is 2140. The molecule has 1 aliphatic heterocycles. The molecule has 0 N–H and O–H groups in total. The molecule has 0 bridgehead atoms. The lowest BCUT2D eigenvalue weighted by Gasteiger charge is -2.44. The normalized spacial score (nSPS) is 19.5.